The summed E-state index contributed by atoms with van der Waals surface area (Å²) >= 11 is 0. The van der Waals surface area contributed by atoms with Crippen LogP contribution in [0.4, 0.5) is 5.69 Å². The lowest BCUT2D eigenvalue weighted by atomic mass is 9.66. The molecule has 6 rings (SSSR count). The number of anilines is 1. The van der Waals surface area contributed by atoms with E-state index >= 15 is 4.79 Å². The number of benzene rings is 3. The second kappa shape index (κ2) is 10.1. The molecular formula is C33H36N2O6. The molecule has 2 amide bonds. The van der Waals surface area contributed by atoms with E-state index in [9.17, 15) is 9.90 Å². The van der Waals surface area contributed by atoms with Crippen LogP contribution in [0.15, 0.2) is 60.7 Å². The van der Waals surface area contributed by atoms with Crippen LogP contribution in [-0.4, -0.2) is 49.2 Å². The zero-order valence-corrected chi connectivity index (χ0v) is 24.0. The van der Waals surface area contributed by atoms with Gasteiger partial charge in [-0.1, -0.05) is 43.5 Å². The average Bonchev–Trinajstić information content (AvgIpc) is 3.27. The Morgan fingerprint density at radius 2 is 1.59 bits per heavy atom. The smallest absolute Gasteiger partial charge is 0.261 e. The molecule has 214 valence electrons. The molecule has 0 saturated heterocycles. The highest BCUT2D eigenvalue weighted by Gasteiger charge is 2.69. The van der Waals surface area contributed by atoms with Crippen molar-refractivity contribution in [3.8, 4) is 17.2 Å². The maximum Gasteiger partial charge on any atom is 0.261 e. The van der Waals surface area contributed by atoms with E-state index in [1.807, 2.05) is 29.2 Å². The molecule has 1 unspecified atom stereocenters. The Morgan fingerprint density at radius 1 is 0.854 bits per heavy atom. The van der Waals surface area contributed by atoms with Gasteiger partial charge in [0.15, 0.2) is 17.0 Å². The van der Waals surface area contributed by atoms with Gasteiger partial charge < -0.3 is 29.1 Å². The summed E-state index contributed by atoms with van der Waals surface area (Å²) in [4.78, 5) is 33.0. The van der Waals surface area contributed by atoms with E-state index in [0.29, 0.717) is 39.6 Å². The molecule has 8 heteroatoms. The third-order valence-electron chi connectivity index (χ3n) is 9.15. The van der Waals surface area contributed by atoms with Gasteiger partial charge in [0.1, 0.15) is 11.4 Å². The molecule has 2 atom stereocenters. The molecule has 1 spiro atoms. The SMILES string of the molecule is COc1ccc2c(c1)C1(C(=O)N2C2CCCCC2)N(Cc2ccc(OC)c(OC)c2)C(=O)c2ccccc2[C@]1(C)O. The second-order valence-electron chi connectivity index (χ2n) is 11.3. The number of ether oxygens (including phenoxy) is 3. The van der Waals surface area contributed by atoms with Crippen molar-refractivity contribution >= 4 is 17.5 Å². The number of aliphatic hydroxyl groups is 1. The lowest BCUT2D eigenvalue weighted by molar-refractivity contribution is -0.154. The number of fused-ring (bicyclic) bond motifs is 3. The Kier molecular flexibility index (Phi) is 6.69. The fraction of sp³-hybridized carbons (Fsp3) is 0.394. The van der Waals surface area contributed by atoms with Crippen LogP contribution in [0.1, 0.15) is 66.1 Å². The van der Waals surface area contributed by atoms with Crippen molar-refractivity contribution in [2.75, 3.05) is 26.2 Å². The number of hydrogen-bond acceptors (Lipinski definition) is 6. The molecule has 0 bridgehead atoms. The fourth-order valence-electron chi connectivity index (χ4n) is 7.18. The molecule has 3 aromatic carbocycles. The van der Waals surface area contributed by atoms with Crippen LogP contribution in [0.3, 0.4) is 0 Å². The number of carbonyl (C=O) groups is 2. The zero-order valence-electron chi connectivity index (χ0n) is 24.0. The van der Waals surface area contributed by atoms with Gasteiger partial charge in [-0.25, -0.2) is 0 Å². The topological polar surface area (TPSA) is 88.5 Å². The van der Waals surface area contributed by atoms with E-state index in [1.54, 1.807) is 69.6 Å². The second-order valence-corrected chi connectivity index (χ2v) is 11.3. The van der Waals surface area contributed by atoms with Gasteiger partial charge in [0, 0.05) is 23.7 Å². The lowest BCUT2D eigenvalue weighted by Crippen LogP contribution is -2.68. The molecule has 1 N–H and O–H groups in total. The van der Waals surface area contributed by atoms with Gasteiger partial charge in [-0.15, -0.1) is 0 Å². The van der Waals surface area contributed by atoms with Crippen molar-refractivity contribution in [1.82, 2.24) is 4.90 Å². The van der Waals surface area contributed by atoms with Gasteiger partial charge in [-0.05, 0) is 67.3 Å². The first-order valence-corrected chi connectivity index (χ1v) is 14.2. The fourth-order valence-corrected chi connectivity index (χ4v) is 7.18. The van der Waals surface area contributed by atoms with Crippen molar-refractivity contribution in [3.05, 3.63) is 82.9 Å². The normalized spacial score (nSPS) is 23.9. The summed E-state index contributed by atoms with van der Waals surface area (Å²) in [5.74, 6) is 1.01. The first-order valence-electron chi connectivity index (χ1n) is 14.2. The van der Waals surface area contributed by atoms with Crippen molar-refractivity contribution in [2.24, 2.45) is 0 Å². The maximum atomic E-state index is 15.1. The summed E-state index contributed by atoms with van der Waals surface area (Å²) in [5.41, 5.74) is -0.659. The van der Waals surface area contributed by atoms with Crippen molar-refractivity contribution in [1.29, 1.82) is 0 Å². The van der Waals surface area contributed by atoms with Gasteiger partial charge in [0.2, 0.25) is 0 Å². The minimum Gasteiger partial charge on any atom is -0.497 e. The van der Waals surface area contributed by atoms with Crippen LogP contribution in [0, 0.1) is 0 Å². The maximum absolute atomic E-state index is 15.1. The first kappa shape index (κ1) is 27.1. The minimum absolute atomic E-state index is 0.0197. The summed E-state index contributed by atoms with van der Waals surface area (Å²) in [6.45, 7) is 1.72. The Hall–Kier alpha value is -4.04. The van der Waals surface area contributed by atoms with Crippen LogP contribution >= 0.6 is 0 Å². The minimum atomic E-state index is -1.75. The molecule has 2 heterocycles. The van der Waals surface area contributed by atoms with Crippen LogP contribution < -0.4 is 19.1 Å². The average molecular weight is 557 g/mol. The van der Waals surface area contributed by atoms with E-state index in [4.69, 9.17) is 14.2 Å². The molecule has 1 saturated carbocycles. The number of hydrogen-bond donors (Lipinski definition) is 1. The van der Waals surface area contributed by atoms with E-state index in [-0.39, 0.29) is 24.4 Å². The number of methoxy groups -OCH3 is 3. The quantitative estimate of drug-likeness (QED) is 0.452. The van der Waals surface area contributed by atoms with Crippen LogP contribution in [-0.2, 0) is 22.5 Å². The zero-order chi connectivity index (χ0) is 28.9. The molecule has 1 aliphatic carbocycles. The van der Waals surface area contributed by atoms with Crippen molar-refractivity contribution in [3.63, 3.8) is 0 Å². The summed E-state index contributed by atoms with van der Waals surface area (Å²) < 4.78 is 16.6. The molecule has 3 aliphatic rings. The van der Waals surface area contributed by atoms with Gasteiger partial charge in [-0.2, -0.15) is 0 Å². The van der Waals surface area contributed by atoms with Gasteiger partial charge >= 0.3 is 0 Å². The molecule has 1 fully saturated rings. The molecule has 8 nitrogen and oxygen atoms in total. The van der Waals surface area contributed by atoms with E-state index < -0.39 is 11.1 Å². The van der Waals surface area contributed by atoms with E-state index in [0.717, 1.165) is 37.7 Å². The monoisotopic (exact) mass is 556 g/mol. The number of carbonyl (C=O) groups excluding carboxylic acids is 2. The number of nitrogens with zero attached hydrogens (tertiary/aromatic N) is 2. The van der Waals surface area contributed by atoms with Crippen LogP contribution in [0.25, 0.3) is 0 Å². The summed E-state index contributed by atoms with van der Waals surface area (Å²) in [7, 11) is 4.70. The Bertz CT molecular complexity index is 1510. The third-order valence-corrected chi connectivity index (χ3v) is 9.15. The summed E-state index contributed by atoms with van der Waals surface area (Å²) in [5, 5.41) is 12.7. The summed E-state index contributed by atoms with van der Waals surface area (Å²) in [6.07, 6.45) is 4.93. The van der Waals surface area contributed by atoms with Crippen LogP contribution in [0.2, 0.25) is 0 Å². The molecule has 0 aromatic heterocycles. The van der Waals surface area contributed by atoms with Gasteiger partial charge in [-0.3, -0.25) is 9.59 Å². The Morgan fingerprint density at radius 3 is 2.29 bits per heavy atom. The molecule has 41 heavy (non-hydrogen) atoms. The third kappa shape index (κ3) is 3.84. The lowest BCUT2D eigenvalue weighted by Gasteiger charge is -2.53. The Balaban J connectivity index is 1.62. The van der Waals surface area contributed by atoms with Crippen molar-refractivity contribution in [2.45, 2.75) is 62.8 Å². The largest absolute Gasteiger partial charge is 0.497 e. The highest BCUT2D eigenvalue weighted by atomic mass is 16.5. The highest BCUT2D eigenvalue weighted by Crippen LogP contribution is 2.59. The van der Waals surface area contributed by atoms with Gasteiger partial charge in [0.05, 0.1) is 27.0 Å². The summed E-state index contributed by atoms with van der Waals surface area (Å²) in [6, 6.07) is 18.0. The Labute approximate surface area is 240 Å². The molecule has 2 aliphatic heterocycles. The predicted molar refractivity (Wildman–Crippen MR) is 154 cm³/mol. The molecule has 0 radical (unpaired) electrons. The molecule has 3 aromatic rings. The van der Waals surface area contributed by atoms with Crippen molar-refractivity contribution < 1.29 is 28.9 Å². The number of amides is 2. The number of rotatable bonds is 6. The molecular weight excluding hydrogens is 520 g/mol. The first-order chi connectivity index (χ1) is 19.8. The standard InChI is InChI=1S/C33H36N2O6/c1-32(38)25-13-9-8-12-24(25)30(36)34(20-21-14-17-28(40-3)29(18-21)41-4)33(32)26-19-23(39-2)15-16-27(26)35(31(33)37)22-10-6-5-7-11-22/h8-9,12-19,22,38H,5-7,10-11,20H2,1-4H3/t32-,33?/m0/s1. The highest BCUT2D eigenvalue weighted by molar-refractivity contribution is 6.14. The predicted octanol–water partition coefficient (Wildman–Crippen LogP) is 5.15. The van der Waals surface area contributed by atoms with E-state index in [2.05, 4.69) is 0 Å². The van der Waals surface area contributed by atoms with E-state index in [1.165, 1.54) is 0 Å². The van der Waals surface area contributed by atoms with Gasteiger partial charge in [0.25, 0.3) is 11.8 Å². The van der Waals surface area contributed by atoms with Crippen LogP contribution in [0.5, 0.6) is 17.2 Å².